The first-order valence-electron chi connectivity index (χ1n) is 6.68. The fraction of sp³-hybridized carbons (Fsp3) is 0.600. The van der Waals surface area contributed by atoms with Crippen LogP contribution in [0.4, 0.5) is 0 Å². The maximum atomic E-state index is 6.60. The number of methoxy groups -OCH3 is 3. The Morgan fingerprint density at radius 3 is 2.32 bits per heavy atom. The first kappa shape index (κ1) is 14.2. The Balaban J connectivity index is 2.54. The number of ether oxygens (including phenoxy) is 3. The molecular weight excluding hydrogens is 242 g/mol. The van der Waals surface area contributed by atoms with E-state index in [4.69, 9.17) is 19.9 Å². The average molecular weight is 265 g/mol. The summed E-state index contributed by atoms with van der Waals surface area (Å²) in [4.78, 5) is 0. The summed E-state index contributed by atoms with van der Waals surface area (Å²) in [5, 5.41) is 0. The molecule has 1 aromatic rings. The molecule has 19 heavy (non-hydrogen) atoms. The van der Waals surface area contributed by atoms with Crippen LogP contribution >= 0.6 is 0 Å². The Kier molecular flexibility index (Phi) is 4.32. The van der Waals surface area contributed by atoms with Crippen LogP contribution in [0, 0.1) is 0 Å². The lowest BCUT2D eigenvalue weighted by molar-refractivity contribution is 0.181. The summed E-state index contributed by atoms with van der Waals surface area (Å²) < 4.78 is 16.2. The van der Waals surface area contributed by atoms with Crippen molar-refractivity contribution in [2.45, 2.75) is 37.8 Å². The van der Waals surface area contributed by atoms with E-state index in [2.05, 4.69) is 0 Å². The van der Waals surface area contributed by atoms with Crippen LogP contribution in [0.1, 0.15) is 36.8 Å². The second-order valence-corrected chi connectivity index (χ2v) is 5.16. The van der Waals surface area contributed by atoms with Crippen LogP contribution in [0.5, 0.6) is 11.5 Å². The van der Waals surface area contributed by atoms with Gasteiger partial charge in [-0.3, -0.25) is 0 Å². The Morgan fingerprint density at radius 2 is 1.79 bits per heavy atom. The molecule has 106 valence electrons. The van der Waals surface area contributed by atoms with Gasteiger partial charge in [-0.25, -0.2) is 0 Å². The molecule has 0 spiro atoms. The molecule has 4 nitrogen and oxygen atoms in total. The van der Waals surface area contributed by atoms with Gasteiger partial charge in [0.05, 0.1) is 20.8 Å². The minimum atomic E-state index is -0.300. The van der Waals surface area contributed by atoms with E-state index < -0.39 is 0 Å². The highest BCUT2D eigenvalue weighted by Gasteiger charge is 2.36. The van der Waals surface area contributed by atoms with Crippen LogP contribution in [-0.4, -0.2) is 21.3 Å². The van der Waals surface area contributed by atoms with E-state index in [9.17, 15) is 0 Å². The Labute approximate surface area is 114 Å². The minimum Gasteiger partial charge on any atom is -0.497 e. The predicted molar refractivity (Wildman–Crippen MR) is 74.6 cm³/mol. The van der Waals surface area contributed by atoms with Crippen molar-refractivity contribution in [1.82, 2.24) is 0 Å². The normalized spacial score (nSPS) is 17.5. The summed E-state index contributed by atoms with van der Waals surface area (Å²) in [6, 6.07) is 3.90. The Hall–Kier alpha value is -1.26. The number of benzene rings is 1. The quantitative estimate of drug-likeness (QED) is 0.889. The molecule has 0 amide bonds. The molecule has 1 saturated carbocycles. The number of hydrogen-bond donors (Lipinski definition) is 1. The summed E-state index contributed by atoms with van der Waals surface area (Å²) in [7, 11) is 5.01. The van der Waals surface area contributed by atoms with Crippen LogP contribution in [-0.2, 0) is 16.9 Å². The Bertz CT molecular complexity index is 439. The van der Waals surface area contributed by atoms with Crippen molar-refractivity contribution >= 4 is 0 Å². The summed E-state index contributed by atoms with van der Waals surface area (Å²) >= 11 is 0. The van der Waals surface area contributed by atoms with E-state index in [-0.39, 0.29) is 5.54 Å². The van der Waals surface area contributed by atoms with E-state index in [0.717, 1.165) is 48.3 Å². The third-order valence-electron chi connectivity index (χ3n) is 3.91. The molecule has 1 aromatic carbocycles. The molecule has 0 aliphatic heterocycles. The lowest BCUT2D eigenvalue weighted by Crippen LogP contribution is -2.35. The van der Waals surface area contributed by atoms with Crippen LogP contribution in [0.3, 0.4) is 0 Å². The van der Waals surface area contributed by atoms with Crippen molar-refractivity contribution < 1.29 is 14.2 Å². The molecule has 0 aromatic heterocycles. The van der Waals surface area contributed by atoms with Gasteiger partial charge in [0.25, 0.3) is 0 Å². The summed E-state index contributed by atoms with van der Waals surface area (Å²) in [5.74, 6) is 1.57. The fourth-order valence-electron chi connectivity index (χ4n) is 3.01. The maximum absolute atomic E-state index is 6.60. The second kappa shape index (κ2) is 5.80. The third kappa shape index (κ3) is 2.69. The van der Waals surface area contributed by atoms with Crippen molar-refractivity contribution in [2.24, 2.45) is 5.73 Å². The molecular formula is C15H23NO3. The van der Waals surface area contributed by atoms with Crippen LogP contribution in [0.2, 0.25) is 0 Å². The van der Waals surface area contributed by atoms with Crippen molar-refractivity contribution in [3.05, 3.63) is 23.3 Å². The van der Waals surface area contributed by atoms with Gasteiger partial charge >= 0.3 is 0 Å². The zero-order chi connectivity index (χ0) is 13.9. The maximum Gasteiger partial charge on any atom is 0.127 e. The molecule has 0 radical (unpaired) electrons. The van der Waals surface area contributed by atoms with Crippen LogP contribution in [0.25, 0.3) is 0 Å². The highest BCUT2D eigenvalue weighted by atomic mass is 16.5. The monoisotopic (exact) mass is 265 g/mol. The minimum absolute atomic E-state index is 0.300. The van der Waals surface area contributed by atoms with Gasteiger partial charge < -0.3 is 19.9 Å². The van der Waals surface area contributed by atoms with E-state index >= 15 is 0 Å². The molecule has 1 aliphatic rings. The van der Waals surface area contributed by atoms with Gasteiger partial charge in [0.15, 0.2) is 0 Å². The van der Waals surface area contributed by atoms with E-state index in [1.807, 2.05) is 12.1 Å². The van der Waals surface area contributed by atoms with Crippen molar-refractivity contribution in [3.8, 4) is 11.5 Å². The van der Waals surface area contributed by atoms with Gasteiger partial charge in [0.1, 0.15) is 11.5 Å². The molecule has 0 unspecified atom stereocenters. The highest BCUT2D eigenvalue weighted by Crippen LogP contribution is 2.44. The largest absolute Gasteiger partial charge is 0.497 e. The molecule has 2 rings (SSSR count). The number of rotatable bonds is 5. The highest BCUT2D eigenvalue weighted by molar-refractivity contribution is 5.50. The predicted octanol–water partition coefficient (Wildman–Crippen LogP) is 2.58. The van der Waals surface area contributed by atoms with Crippen molar-refractivity contribution in [1.29, 1.82) is 0 Å². The van der Waals surface area contributed by atoms with E-state index in [1.165, 1.54) is 0 Å². The first-order chi connectivity index (χ1) is 9.14. The van der Waals surface area contributed by atoms with Gasteiger partial charge in [-0.1, -0.05) is 12.8 Å². The number of hydrogen-bond acceptors (Lipinski definition) is 4. The Morgan fingerprint density at radius 1 is 1.11 bits per heavy atom. The molecule has 0 bridgehead atoms. The standard InChI is InChI=1S/C15H23NO3/c1-17-10-11-8-12(18-2)9-13(19-3)14(11)15(16)6-4-5-7-15/h8-9H,4-7,10,16H2,1-3H3. The molecule has 1 fully saturated rings. The summed E-state index contributed by atoms with van der Waals surface area (Å²) in [5.41, 5.74) is 8.44. The molecule has 4 heteroatoms. The molecule has 0 heterocycles. The lowest BCUT2D eigenvalue weighted by Gasteiger charge is -2.29. The van der Waals surface area contributed by atoms with Crippen molar-refractivity contribution in [2.75, 3.05) is 21.3 Å². The van der Waals surface area contributed by atoms with Crippen LogP contribution in [0.15, 0.2) is 12.1 Å². The lowest BCUT2D eigenvalue weighted by atomic mass is 9.85. The van der Waals surface area contributed by atoms with Gasteiger partial charge in [-0.05, 0) is 24.5 Å². The molecule has 1 aliphatic carbocycles. The summed E-state index contributed by atoms with van der Waals surface area (Å²) in [6.07, 6.45) is 4.31. The topological polar surface area (TPSA) is 53.7 Å². The average Bonchev–Trinajstić information content (AvgIpc) is 2.85. The zero-order valence-corrected chi connectivity index (χ0v) is 12.0. The summed E-state index contributed by atoms with van der Waals surface area (Å²) in [6.45, 7) is 0.516. The molecule has 2 N–H and O–H groups in total. The first-order valence-corrected chi connectivity index (χ1v) is 6.68. The van der Waals surface area contributed by atoms with Gasteiger partial charge in [-0.2, -0.15) is 0 Å². The molecule has 0 saturated heterocycles. The number of nitrogens with two attached hydrogens (primary N) is 1. The fourth-order valence-corrected chi connectivity index (χ4v) is 3.01. The van der Waals surface area contributed by atoms with Gasteiger partial charge in [0, 0.05) is 24.3 Å². The smallest absolute Gasteiger partial charge is 0.127 e. The van der Waals surface area contributed by atoms with E-state index in [0.29, 0.717) is 6.61 Å². The second-order valence-electron chi connectivity index (χ2n) is 5.16. The zero-order valence-electron chi connectivity index (χ0n) is 12.0. The van der Waals surface area contributed by atoms with Gasteiger partial charge in [0.2, 0.25) is 0 Å². The third-order valence-corrected chi connectivity index (χ3v) is 3.91. The van der Waals surface area contributed by atoms with Crippen molar-refractivity contribution in [3.63, 3.8) is 0 Å². The van der Waals surface area contributed by atoms with Crippen LogP contribution < -0.4 is 15.2 Å². The van der Waals surface area contributed by atoms with Gasteiger partial charge in [-0.15, -0.1) is 0 Å². The SMILES string of the molecule is COCc1cc(OC)cc(OC)c1C1(N)CCCC1. The molecule has 0 atom stereocenters. The van der Waals surface area contributed by atoms with E-state index in [1.54, 1.807) is 21.3 Å².